The van der Waals surface area contributed by atoms with Gasteiger partial charge in [-0.2, -0.15) is 0 Å². The quantitative estimate of drug-likeness (QED) is 0.350. The molecular weight excluding hydrogens is 368 g/mol. The Morgan fingerprint density at radius 3 is 2.24 bits per heavy atom. The number of hydrogen-bond donors (Lipinski definition) is 0. The summed E-state index contributed by atoms with van der Waals surface area (Å²) in [5.41, 5.74) is 1.72. The van der Waals surface area contributed by atoms with Crippen molar-refractivity contribution in [2.45, 2.75) is 0 Å². The first-order valence-corrected chi connectivity index (χ1v) is 9.08. The maximum Gasteiger partial charge on any atom is 0.336 e. The first-order valence-electron chi connectivity index (χ1n) is 9.08. The number of methoxy groups -OCH3 is 3. The molecule has 0 atom stereocenters. The Bertz CT molecular complexity index is 1280. The van der Waals surface area contributed by atoms with Crippen molar-refractivity contribution >= 4 is 33.9 Å². The third-order valence-electron chi connectivity index (χ3n) is 4.86. The van der Waals surface area contributed by atoms with Crippen LogP contribution in [-0.4, -0.2) is 21.3 Å². The summed E-state index contributed by atoms with van der Waals surface area (Å²) >= 11 is 0. The van der Waals surface area contributed by atoms with Crippen molar-refractivity contribution in [3.8, 4) is 17.2 Å². The lowest BCUT2D eigenvalue weighted by atomic mass is 10.0. The molecule has 0 amide bonds. The SMILES string of the molecule is COc1ccc(OC)c(/C=C/c2cc(=O)oc3c2ccc2c(OC)cccc23)c1. The number of fused-ring (bicyclic) bond motifs is 3. The van der Waals surface area contributed by atoms with Crippen LogP contribution in [0.1, 0.15) is 11.1 Å². The van der Waals surface area contributed by atoms with E-state index in [4.69, 9.17) is 18.6 Å². The van der Waals surface area contributed by atoms with Gasteiger partial charge in [-0.05, 0) is 42.0 Å². The highest BCUT2D eigenvalue weighted by Crippen LogP contribution is 2.33. The van der Waals surface area contributed by atoms with Crippen LogP contribution < -0.4 is 19.8 Å². The highest BCUT2D eigenvalue weighted by atomic mass is 16.5. The summed E-state index contributed by atoms with van der Waals surface area (Å²) in [5.74, 6) is 2.17. The molecule has 4 aromatic rings. The Kier molecular flexibility index (Phi) is 4.96. The predicted octanol–water partition coefficient (Wildman–Crippen LogP) is 5.14. The van der Waals surface area contributed by atoms with Gasteiger partial charge in [0.1, 0.15) is 22.8 Å². The van der Waals surface area contributed by atoms with Crippen LogP contribution in [0.5, 0.6) is 17.2 Å². The minimum Gasteiger partial charge on any atom is -0.497 e. The molecule has 0 aliphatic rings. The number of hydrogen-bond acceptors (Lipinski definition) is 5. The molecule has 0 fully saturated rings. The van der Waals surface area contributed by atoms with E-state index in [1.807, 2.05) is 60.7 Å². The minimum absolute atomic E-state index is 0.412. The fourth-order valence-corrected chi connectivity index (χ4v) is 3.44. The van der Waals surface area contributed by atoms with Crippen molar-refractivity contribution in [1.82, 2.24) is 0 Å². The molecule has 5 heteroatoms. The molecule has 0 saturated heterocycles. The van der Waals surface area contributed by atoms with Crippen LogP contribution in [-0.2, 0) is 0 Å². The third-order valence-corrected chi connectivity index (χ3v) is 4.86. The molecule has 1 heterocycles. The van der Waals surface area contributed by atoms with Crippen molar-refractivity contribution in [1.29, 1.82) is 0 Å². The average Bonchev–Trinajstić information content (AvgIpc) is 2.76. The Balaban J connectivity index is 1.90. The lowest BCUT2D eigenvalue weighted by Gasteiger charge is -2.09. The van der Waals surface area contributed by atoms with E-state index in [-0.39, 0.29) is 0 Å². The Hall–Kier alpha value is -3.73. The zero-order valence-electron chi connectivity index (χ0n) is 16.4. The van der Waals surface area contributed by atoms with E-state index < -0.39 is 5.63 Å². The minimum atomic E-state index is -0.412. The molecule has 0 unspecified atom stereocenters. The Morgan fingerprint density at radius 1 is 0.724 bits per heavy atom. The highest BCUT2D eigenvalue weighted by molar-refractivity contribution is 6.08. The van der Waals surface area contributed by atoms with Gasteiger partial charge in [0.25, 0.3) is 0 Å². The molecular formula is C24H20O5. The van der Waals surface area contributed by atoms with E-state index in [1.54, 1.807) is 21.3 Å². The van der Waals surface area contributed by atoms with Crippen LogP contribution in [0.2, 0.25) is 0 Å². The van der Waals surface area contributed by atoms with E-state index in [9.17, 15) is 4.79 Å². The second kappa shape index (κ2) is 7.72. The van der Waals surface area contributed by atoms with Crippen LogP contribution in [0, 0.1) is 0 Å². The molecule has 146 valence electrons. The molecule has 0 bridgehead atoms. The second-order valence-electron chi connectivity index (χ2n) is 6.46. The first-order chi connectivity index (χ1) is 14.1. The van der Waals surface area contributed by atoms with Crippen LogP contribution in [0.3, 0.4) is 0 Å². The molecule has 0 saturated carbocycles. The molecule has 5 nitrogen and oxygen atoms in total. The molecule has 0 N–H and O–H groups in total. The molecule has 29 heavy (non-hydrogen) atoms. The van der Waals surface area contributed by atoms with E-state index in [0.29, 0.717) is 11.3 Å². The highest BCUT2D eigenvalue weighted by Gasteiger charge is 2.11. The number of ether oxygens (including phenoxy) is 3. The lowest BCUT2D eigenvalue weighted by Crippen LogP contribution is -1.98. The van der Waals surface area contributed by atoms with E-state index in [1.165, 1.54) is 6.07 Å². The van der Waals surface area contributed by atoms with Gasteiger partial charge >= 0.3 is 5.63 Å². The van der Waals surface area contributed by atoms with Gasteiger partial charge in [-0.25, -0.2) is 4.79 Å². The summed E-state index contributed by atoms with van der Waals surface area (Å²) < 4.78 is 21.7. The molecule has 0 spiro atoms. The summed E-state index contributed by atoms with van der Waals surface area (Å²) in [6, 6.07) is 16.6. The normalized spacial score (nSPS) is 11.3. The van der Waals surface area contributed by atoms with Crippen molar-refractivity contribution in [2.75, 3.05) is 21.3 Å². The Morgan fingerprint density at radius 2 is 1.48 bits per heavy atom. The molecule has 0 aliphatic heterocycles. The van der Waals surface area contributed by atoms with Crippen LogP contribution in [0.4, 0.5) is 0 Å². The predicted molar refractivity (Wildman–Crippen MR) is 115 cm³/mol. The summed E-state index contributed by atoms with van der Waals surface area (Å²) in [6.45, 7) is 0. The van der Waals surface area contributed by atoms with Gasteiger partial charge in [0.2, 0.25) is 0 Å². The van der Waals surface area contributed by atoms with Gasteiger partial charge in [0.05, 0.1) is 21.3 Å². The largest absolute Gasteiger partial charge is 0.497 e. The smallest absolute Gasteiger partial charge is 0.336 e. The van der Waals surface area contributed by atoms with Gasteiger partial charge in [-0.15, -0.1) is 0 Å². The van der Waals surface area contributed by atoms with Gasteiger partial charge in [-0.3, -0.25) is 0 Å². The van der Waals surface area contributed by atoms with Gasteiger partial charge < -0.3 is 18.6 Å². The van der Waals surface area contributed by atoms with E-state index in [0.717, 1.165) is 38.8 Å². The summed E-state index contributed by atoms with van der Waals surface area (Å²) in [7, 11) is 4.85. The molecule has 3 aromatic carbocycles. The molecule has 0 radical (unpaired) electrons. The van der Waals surface area contributed by atoms with E-state index >= 15 is 0 Å². The summed E-state index contributed by atoms with van der Waals surface area (Å²) in [4.78, 5) is 12.3. The van der Waals surface area contributed by atoms with Crippen LogP contribution >= 0.6 is 0 Å². The van der Waals surface area contributed by atoms with Crippen molar-refractivity contribution in [2.24, 2.45) is 0 Å². The molecule has 1 aromatic heterocycles. The van der Waals surface area contributed by atoms with Crippen LogP contribution in [0.15, 0.2) is 63.8 Å². The standard InChI is InChI=1S/C24H20O5/c1-26-17-9-12-21(27-2)16(13-17)8-7-15-14-23(25)29-24-18(15)10-11-19-20(24)5-4-6-22(19)28-3/h4-14H,1-3H3/b8-7+. The van der Waals surface area contributed by atoms with Crippen LogP contribution in [0.25, 0.3) is 33.9 Å². The van der Waals surface area contributed by atoms with Gasteiger partial charge in [0, 0.05) is 27.8 Å². The zero-order chi connectivity index (χ0) is 20.4. The fraction of sp³-hybridized carbons (Fsp3) is 0.125. The lowest BCUT2D eigenvalue weighted by molar-refractivity contribution is 0.402. The maximum atomic E-state index is 12.3. The summed E-state index contributed by atoms with van der Waals surface area (Å²) in [6.07, 6.45) is 3.77. The van der Waals surface area contributed by atoms with Crippen molar-refractivity contribution in [3.63, 3.8) is 0 Å². The maximum absolute atomic E-state index is 12.3. The Labute approximate surface area is 167 Å². The zero-order valence-corrected chi connectivity index (χ0v) is 16.4. The fourth-order valence-electron chi connectivity index (χ4n) is 3.44. The number of benzene rings is 3. The topological polar surface area (TPSA) is 57.9 Å². The second-order valence-corrected chi connectivity index (χ2v) is 6.46. The van der Waals surface area contributed by atoms with Crippen molar-refractivity contribution < 1.29 is 18.6 Å². The number of rotatable bonds is 5. The van der Waals surface area contributed by atoms with Gasteiger partial charge in [-0.1, -0.05) is 24.3 Å². The first kappa shape index (κ1) is 18.6. The monoisotopic (exact) mass is 388 g/mol. The van der Waals surface area contributed by atoms with E-state index in [2.05, 4.69) is 0 Å². The molecule has 0 aliphatic carbocycles. The third kappa shape index (κ3) is 3.43. The molecule has 4 rings (SSSR count). The van der Waals surface area contributed by atoms with Gasteiger partial charge in [0.15, 0.2) is 0 Å². The summed E-state index contributed by atoms with van der Waals surface area (Å²) in [5, 5.41) is 2.55. The van der Waals surface area contributed by atoms with Crippen molar-refractivity contribution in [3.05, 3.63) is 76.1 Å². The average molecular weight is 388 g/mol.